The van der Waals surface area contributed by atoms with Gasteiger partial charge in [0.05, 0.1) is 5.69 Å². The molecular weight excluding hydrogens is 448 g/mol. The molecule has 0 fully saturated rings. The van der Waals surface area contributed by atoms with Crippen LogP contribution >= 0.6 is 15.9 Å². The molecule has 5 aromatic rings. The molecule has 148 valence electrons. The molecule has 3 heterocycles. The number of hydrogen-bond donors (Lipinski definition) is 0. The standard InChI is InChI=1S/C21H15BrN6O2/c1-13-3-2-4-15(9-13)20-24-19(30-26-20)11-27-21(29)18-10-17(25-28(18)12-23-27)14-5-7-16(22)8-6-14/h2-10,12H,11H2,1H3. The van der Waals surface area contributed by atoms with Crippen molar-refractivity contribution in [3.05, 3.63) is 87.2 Å². The molecule has 0 unspecified atom stereocenters. The molecule has 9 heteroatoms. The highest BCUT2D eigenvalue weighted by Crippen LogP contribution is 2.21. The molecule has 0 spiro atoms. The van der Waals surface area contributed by atoms with Crippen LogP contribution < -0.4 is 5.56 Å². The van der Waals surface area contributed by atoms with E-state index >= 15 is 0 Å². The largest absolute Gasteiger partial charge is 0.337 e. The van der Waals surface area contributed by atoms with Gasteiger partial charge in [-0.25, -0.2) is 9.20 Å². The van der Waals surface area contributed by atoms with Gasteiger partial charge in [-0.3, -0.25) is 4.79 Å². The van der Waals surface area contributed by atoms with Crippen molar-refractivity contribution in [2.24, 2.45) is 0 Å². The maximum atomic E-state index is 12.9. The summed E-state index contributed by atoms with van der Waals surface area (Å²) in [5.74, 6) is 0.780. The summed E-state index contributed by atoms with van der Waals surface area (Å²) in [7, 11) is 0. The lowest BCUT2D eigenvalue weighted by molar-refractivity contribution is 0.362. The summed E-state index contributed by atoms with van der Waals surface area (Å²) >= 11 is 3.42. The number of aryl methyl sites for hydroxylation is 1. The fraction of sp³-hybridized carbons (Fsp3) is 0.0952. The van der Waals surface area contributed by atoms with Crippen LogP contribution in [0, 0.1) is 6.92 Å². The number of benzene rings is 2. The second-order valence-electron chi connectivity index (χ2n) is 6.84. The summed E-state index contributed by atoms with van der Waals surface area (Å²) in [5, 5.41) is 12.7. The van der Waals surface area contributed by atoms with E-state index < -0.39 is 0 Å². The first-order valence-corrected chi connectivity index (χ1v) is 9.97. The van der Waals surface area contributed by atoms with E-state index in [0.29, 0.717) is 22.9 Å². The summed E-state index contributed by atoms with van der Waals surface area (Å²) < 4.78 is 9.07. The number of rotatable bonds is 4. The van der Waals surface area contributed by atoms with Gasteiger partial charge in [0.15, 0.2) is 0 Å². The van der Waals surface area contributed by atoms with Gasteiger partial charge in [-0.1, -0.05) is 57.0 Å². The lowest BCUT2D eigenvalue weighted by atomic mass is 10.1. The predicted octanol–water partition coefficient (Wildman–Crippen LogP) is 3.73. The molecule has 0 aliphatic heterocycles. The number of fused-ring (bicyclic) bond motifs is 1. The third kappa shape index (κ3) is 3.43. The van der Waals surface area contributed by atoms with Gasteiger partial charge in [0.25, 0.3) is 5.56 Å². The van der Waals surface area contributed by atoms with Crippen molar-refractivity contribution < 1.29 is 4.52 Å². The first-order chi connectivity index (χ1) is 14.6. The quantitative estimate of drug-likeness (QED) is 0.404. The van der Waals surface area contributed by atoms with Crippen LogP contribution in [0.2, 0.25) is 0 Å². The van der Waals surface area contributed by atoms with Crippen LogP contribution in [0.5, 0.6) is 0 Å². The SMILES string of the molecule is Cc1cccc(-c2noc(Cn3ncn4nc(-c5ccc(Br)cc5)cc4c3=O)n2)c1. The van der Waals surface area contributed by atoms with Crippen molar-refractivity contribution in [2.75, 3.05) is 0 Å². The van der Waals surface area contributed by atoms with E-state index in [4.69, 9.17) is 4.52 Å². The molecule has 0 aliphatic rings. The van der Waals surface area contributed by atoms with E-state index in [-0.39, 0.29) is 12.1 Å². The van der Waals surface area contributed by atoms with Gasteiger partial charge in [-0.05, 0) is 31.2 Å². The van der Waals surface area contributed by atoms with Crippen LogP contribution in [0.25, 0.3) is 28.2 Å². The van der Waals surface area contributed by atoms with Gasteiger partial charge in [0, 0.05) is 15.6 Å². The molecule has 5 rings (SSSR count). The van der Waals surface area contributed by atoms with Crippen LogP contribution in [0.4, 0.5) is 0 Å². The first kappa shape index (κ1) is 18.4. The monoisotopic (exact) mass is 462 g/mol. The van der Waals surface area contributed by atoms with Gasteiger partial charge in [-0.15, -0.1) is 0 Å². The Bertz CT molecular complexity index is 1420. The molecule has 30 heavy (non-hydrogen) atoms. The second kappa shape index (κ2) is 7.34. The highest BCUT2D eigenvalue weighted by Gasteiger charge is 2.14. The molecule has 2 aromatic carbocycles. The minimum Gasteiger partial charge on any atom is -0.337 e. The maximum absolute atomic E-state index is 12.9. The van der Waals surface area contributed by atoms with E-state index in [0.717, 1.165) is 21.2 Å². The highest BCUT2D eigenvalue weighted by atomic mass is 79.9. The predicted molar refractivity (Wildman–Crippen MR) is 114 cm³/mol. The molecule has 0 N–H and O–H groups in total. The Morgan fingerprint density at radius 3 is 2.70 bits per heavy atom. The van der Waals surface area contributed by atoms with Crippen molar-refractivity contribution in [1.29, 1.82) is 0 Å². The topological polar surface area (TPSA) is 91.1 Å². The van der Waals surface area contributed by atoms with Gasteiger partial charge < -0.3 is 4.52 Å². The van der Waals surface area contributed by atoms with E-state index in [1.165, 1.54) is 15.5 Å². The normalized spacial score (nSPS) is 11.3. The van der Waals surface area contributed by atoms with Crippen LogP contribution in [0.15, 0.2) is 74.7 Å². The Balaban J connectivity index is 1.46. The molecule has 0 saturated carbocycles. The third-order valence-corrected chi connectivity index (χ3v) is 5.19. The van der Waals surface area contributed by atoms with Crippen molar-refractivity contribution in [3.63, 3.8) is 0 Å². The van der Waals surface area contributed by atoms with Crippen LogP contribution in [-0.4, -0.2) is 29.5 Å². The molecule has 0 bridgehead atoms. The van der Waals surface area contributed by atoms with E-state index in [9.17, 15) is 4.79 Å². The lowest BCUT2D eigenvalue weighted by Crippen LogP contribution is -2.25. The smallest absolute Gasteiger partial charge is 0.293 e. The maximum Gasteiger partial charge on any atom is 0.293 e. The molecular formula is C21H15BrN6O2. The van der Waals surface area contributed by atoms with Crippen molar-refractivity contribution in [2.45, 2.75) is 13.5 Å². The Morgan fingerprint density at radius 1 is 1.07 bits per heavy atom. The summed E-state index contributed by atoms with van der Waals surface area (Å²) in [6, 6.07) is 17.3. The zero-order valence-electron chi connectivity index (χ0n) is 15.9. The number of halogens is 1. The van der Waals surface area contributed by atoms with E-state index in [1.54, 1.807) is 6.07 Å². The molecule has 0 atom stereocenters. The third-order valence-electron chi connectivity index (χ3n) is 4.66. The minimum absolute atomic E-state index is 0.0763. The lowest BCUT2D eigenvalue weighted by Gasteiger charge is -2.00. The number of aromatic nitrogens is 6. The number of hydrogen-bond acceptors (Lipinski definition) is 6. The number of nitrogens with zero attached hydrogens (tertiary/aromatic N) is 6. The van der Waals surface area contributed by atoms with Crippen molar-refractivity contribution in [1.82, 2.24) is 29.5 Å². The Morgan fingerprint density at radius 2 is 1.90 bits per heavy atom. The van der Waals surface area contributed by atoms with Crippen LogP contribution in [0.3, 0.4) is 0 Å². The average Bonchev–Trinajstić information content (AvgIpc) is 3.38. The first-order valence-electron chi connectivity index (χ1n) is 9.18. The second-order valence-corrected chi connectivity index (χ2v) is 7.76. The fourth-order valence-corrected chi connectivity index (χ4v) is 3.43. The van der Waals surface area contributed by atoms with Crippen LogP contribution in [0.1, 0.15) is 11.5 Å². The molecule has 0 amide bonds. The fourth-order valence-electron chi connectivity index (χ4n) is 3.16. The van der Waals surface area contributed by atoms with Gasteiger partial charge in [0.2, 0.25) is 11.7 Å². The van der Waals surface area contributed by atoms with E-state index in [1.807, 2.05) is 55.5 Å². The summed E-state index contributed by atoms with van der Waals surface area (Å²) in [4.78, 5) is 17.3. The summed E-state index contributed by atoms with van der Waals surface area (Å²) in [6.07, 6.45) is 1.50. The molecule has 0 radical (unpaired) electrons. The van der Waals surface area contributed by atoms with Crippen LogP contribution in [-0.2, 0) is 6.54 Å². The summed E-state index contributed by atoms with van der Waals surface area (Å²) in [5.41, 5.74) is 3.69. The minimum atomic E-state index is -0.288. The molecule has 3 aromatic heterocycles. The van der Waals surface area contributed by atoms with Gasteiger partial charge in [-0.2, -0.15) is 15.2 Å². The molecule has 8 nitrogen and oxygen atoms in total. The zero-order chi connectivity index (χ0) is 20.7. The average molecular weight is 463 g/mol. The van der Waals surface area contributed by atoms with Gasteiger partial charge >= 0.3 is 0 Å². The Kier molecular flexibility index (Phi) is 4.51. The Labute approximate surface area is 178 Å². The van der Waals surface area contributed by atoms with E-state index in [2.05, 4.69) is 36.3 Å². The highest BCUT2D eigenvalue weighted by molar-refractivity contribution is 9.10. The summed E-state index contributed by atoms with van der Waals surface area (Å²) in [6.45, 7) is 2.07. The van der Waals surface area contributed by atoms with Crippen molar-refractivity contribution >= 4 is 21.4 Å². The molecule has 0 saturated heterocycles. The van der Waals surface area contributed by atoms with Crippen molar-refractivity contribution in [3.8, 4) is 22.6 Å². The van der Waals surface area contributed by atoms with Gasteiger partial charge in [0.1, 0.15) is 18.4 Å². The molecule has 0 aliphatic carbocycles. The Hall–Kier alpha value is -3.59. The zero-order valence-corrected chi connectivity index (χ0v) is 17.4.